The molecule has 9 aromatic rings. The lowest BCUT2D eigenvalue weighted by atomic mass is 9.65. The van der Waals surface area contributed by atoms with Gasteiger partial charge >= 0.3 is 0 Å². The van der Waals surface area contributed by atoms with E-state index in [1.807, 2.05) is 24.3 Å². The Labute approximate surface area is 313 Å². The third-order valence-corrected chi connectivity index (χ3v) is 11.6. The van der Waals surface area contributed by atoms with Gasteiger partial charge < -0.3 is 4.74 Å². The van der Waals surface area contributed by atoms with Crippen LogP contribution in [-0.4, -0.2) is 0 Å². The zero-order valence-corrected chi connectivity index (χ0v) is 29.3. The van der Waals surface area contributed by atoms with Gasteiger partial charge in [0.25, 0.3) is 0 Å². The molecule has 1 aliphatic carbocycles. The second-order valence-electron chi connectivity index (χ2n) is 14.3. The molecule has 0 saturated carbocycles. The van der Waals surface area contributed by atoms with E-state index in [1.165, 1.54) is 60.5 Å². The maximum atomic E-state index is 9.50. The minimum Gasteiger partial charge on any atom is -0.457 e. The zero-order valence-electron chi connectivity index (χ0n) is 29.3. The molecule has 250 valence electrons. The molecule has 0 amide bonds. The van der Waals surface area contributed by atoms with Crippen LogP contribution >= 0.6 is 0 Å². The summed E-state index contributed by atoms with van der Waals surface area (Å²) < 4.78 is 6.92. The average Bonchev–Trinajstić information content (AvgIpc) is 3.53. The number of nitriles is 1. The van der Waals surface area contributed by atoms with Crippen molar-refractivity contribution >= 4 is 21.5 Å². The second-order valence-corrected chi connectivity index (χ2v) is 14.3. The summed E-state index contributed by atoms with van der Waals surface area (Å²) in [5.41, 5.74) is 14.2. The van der Waals surface area contributed by atoms with Crippen molar-refractivity contribution in [3.63, 3.8) is 0 Å². The predicted octanol–water partition coefficient (Wildman–Crippen LogP) is 13.3. The lowest BCUT2D eigenvalue weighted by molar-refractivity contribution is 0.436. The Kier molecular flexibility index (Phi) is 6.56. The third-order valence-electron chi connectivity index (χ3n) is 11.6. The third kappa shape index (κ3) is 4.21. The first kappa shape index (κ1) is 30.4. The van der Waals surface area contributed by atoms with Gasteiger partial charge in [0.05, 0.1) is 17.0 Å². The van der Waals surface area contributed by atoms with Crippen molar-refractivity contribution in [2.24, 2.45) is 0 Å². The van der Waals surface area contributed by atoms with Gasteiger partial charge in [0.1, 0.15) is 11.5 Å². The van der Waals surface area contributed by atoms with Crippen LogP contribution in [0.2, 0.25) is 0 Å². The monoisotopic (exact) mass is 685 g/mol. The molecule has 0 radical (unpaired) electrons. The molecule has 0 atom stereocenters. The number of nitrogens with zero attached hydrogens (tertiary/aromatic N) is 1. The zero-order chi connectivity index (χ0) is 35.8. The molecular formula is C52H31NO. The van der Waals surface area contributed by atoms with Crippen LogP contribution in [0, 0.1) is 11.3 Å². The van der Waals surface area contributed by atoms with E-state index in [1.54, 1.807) is 0 Å². The lowest BCUT2D eigenvalue weighted by Gasteiger charge is -2.40. The van der Waals surface area contributed by atoms with Gasteiger partial charge in [-0.25, -0.2) is 0 Å². The minimum atomic E-state index is -0.635. The molecule has 9 aromatic carbocycles. The summed E-state index contributed by atoms with van der Waals surface area (Å²) in [7, 11) is 0. The second kappa shape index (κ2) is 11.7. The first-order valence-electron chi connectivity index (χ1n) is 18.4. The molecule has 11 rings (SSSR count). The molecule has 0 aromatic heterocycles. The number of hydrogen-bond acceptors (Lipinski definition) is 2. The van der Waals surface area contributed by atoms with Crippen LogP contribution in [0.15, 0.2) is 188 Å². The van der Waals surface area contributed by atoms with E-state index in [9.17, 15) is 5.26 Å². The lowest BCUT2D eigenvalue weighted by Crippen LogP contribution is -2.32. The van der Waals surface area contributed by atoms with Crippen molar-refractivity contribution < 1.29 is 4.74 Å². The van der Waals surface area contributed by atoms with Crippen molar-refractivity contribution in [1.29, 1.82) is 5.26 Å². The van der Waals surface area contributed by atoms with Gasteiger partial charge in [-0.2, -0.15) is 5.26 Å². The van der Waals surface area contributed by atoms with Crippen molar-refractivity contribution in [2.75, 3.05) is 0 Å². The van der Waals surface area contributed by atoms with E-state index >= 15 is 0 Å². The fourth-order valence-corrected chi connectivity index (χ4v) is 9.33. The van der Waals surface area contributed by atoms with Crippen LogP contribution in [0.1, 0.15) is 27.8 Å². The number of hydrogen-bond donors (Lipinski definition) is 0. The van der Waals surface area contributed by atoms with Gasteiger partial charge in [-0.3, -0.25) is 0 Å². The van der Waals surface area contributed by atoms with Crippen molar-refractivity contribution in [3.8, 4) is 62.1 Å². The van der Waals surface area contributed by atoms with Crippen molar-refractivity contribution in [2.45, 2.75) is 5.41 Å². The molecule has 1 spiro atoms. The standard InChI is InChI=1S/C52H31NO/c53-32-33-22-24-34(25-23-33)36-26-28-48-46(30-36)52(44-20-10-8-14-38(44)39-15-9-11-21-45(39)52)47-31-37(27-29-49(47)54-48)51-42-18-6-4-16-40(42)50(35-12-2-1-3-13-35)41-17-5-7-19-43(41)51/h1-31H. The molecule has 0 N–H and O–H groups in total. The summed E-state index contributed by atoms with van der Waals surface area (Å²) in [6, 6.07) is 69.7. The van der Waals surface area contributed by atoms with Gasteiger partial charge in [-0.05, 0) is 114 Å². The number of benzene rings is 9. The SMILES string of the molecule is N#Cc1ccc(-c2ccc3c(c2)C2(c4cc(-c5c6ccccc6c(-c6ccccc6)c6ccccc56)ccc4O3)c3ccccc3-c3ccccc32)cc1. The molecule has 54 heavy (non-hydrogen) atoms. The molecule has 2 aliphatic rings. The van der Waals surface area contributed by atoms with Crippen molar-refractivity contribution in [1.82, 2.24) is 0 Å². The van der Waals surface area contributed by atoms with E-state index in [0.717, 1.165) is 39.3 Å². The quantitative estimate of drug-likeness (QED) is 0.173. The van der Waals surface area contributed by atoms with Crippen LogP contribution in [0.3, 0.4) is 0 Å². The first-order valence-corrected chi connectivity index (χ1v) is 18.4. The Morgan fingerprint density at radius 3 is 1.37 bits per heavy atom. The molecule has 2 nitrogen and oxygen atoms in total. The highest BCUT2D eigenvalue weighted by Crippen LogP contribution is 2.63. The van der Waals surface area contributed by atoms with Gasteiger partial charge in [-0.1, -0.05) is 152 Å². The van der Waals surface area contributed by atoms with Gasteiger partial charge in [0, 0.05) is 11.1 Å². The molecule has 2 heteroatoms. The predicted molar refractivity (Wildman–Crippen MR) is 220 cm³/mol. The Morgan fingerprint density at radius 2 is 0.815 bits per heavy atom. The Bertz CT molecular complexity index is 2920. The fraction of sp³-hybridized carbons (Fsp3) is 0.0192. The van der Waals surface area contributed by atoms with Crippen LogP contribution < -0.4 is 4.74 Å². The van der Waals surface area contributed by atoms with E-state index in [2.05, 4.69) is 170 Å². The highest BCUT2D eigenvalue weighted by Gasteiger charge is 2.51. The summed E-state index contributed by atoms with van der Waals surface area (Å²) >= 11 is 0. The average molecular weight is 686 g/mol. The van der Waals surface area contributed by atoms with Crippen LogP contribution in [0.4, 0.5) is 0 Å². The Balaban J connectivity index is 1.23. The maximum absolute atomic E-state index is 9.50. The molecule has 0 unspecified atom stereocenters. The van der Waals surface area contributed by atoms with Gasteiger partial charge in [0.2, 0.25) is 0 Å². The van der Waals surface area contributed by atoms with E-state index in [0.29, 0.717) is 5.56 Å². The topological polar surface area (TPSA) is 33.0 Å². The van der Waals surface area contributed by atoms with E-state index in [4.69, 9.17) is 4.74 Å². The largest absolute Gasteiger partial charge is 0.457 e. The molecule has 1 aliphatic heterocycles. The molecule has 1 heterocycles. The van der Waals surface area contributed by atoms with Gasteiger partial charge in [-0.15, -0.1) is 0 Å². The fourth-order valence-electron chi connectivity index (χ4n) is 9.33. The van der Waals surface area contributed by atoms with Crippen LogP contribution in [-0.2, 0) is 5.41 Å². The van der Waals surface area contributed by atoms with Gasteiger partial charge in [0.15, 0.2) is 0 Å². The number of ether oxygens (including phenoxy) is 1. The molecular weight excluding hydrogens is 655 g/mol. The molecule has 0 bridgehead atoms. The van der Waals surface area contributed by atoms with Crippen LogP contribution in [0.5, 0.6) is 11.5 Å². The maximum Gasteiger partial charge on any atom is 0.132 e. The minimum absolute atomic E-state index is 0.635. The van der Waals surface area contributed by atoms with Crippen molar-refractivity contribution in [3.05, 3.63) is 216 Å². The summed E-state index contributed by atoms with van der Waals surface area (Å²) in [6.45, 7) is 0. The molecule has 0 saturated heterocycles. The highest BCUT2D eigenvalue weighted by molar-refractivity contribution is 6.21. The van der Waals surface area contributed by atoms with Crippen LogP contribution in [0.25, 0.3) is 66.1 Å². The first-order chi connectivity index (χ1) is 26.7. The molecule has 0 fully saturated rings. The summed E-state index contributed by atoms with van der Waals surface area (Å²) in [5.74, 6) is 1.71. The summed E-state index contributed by atoms with van der Waals surface area (Å²) in [5, 5.41) is 14.4. The Hall–Kier alpha value is -7.21. The highest BCUT2D eigenvalue weighted by atomic mass is 16.5. The number of rotatable bonds is 3. The Morgan fingerprint density at radius 1 is 0.370 bits per heavy atom. The normalized spacial score (nSPS) is 13.1. The summed E-state index contributed by atoms with van der Waals surface area (Å²) in [6.07, 6.45) is 0. The van der Waals surface area contributed by atoms with E-state index in [-0.39, 0.29) is 0 Å². The number of fused-ring (bicyclic) bond motifs is 11. The smallest absolute Gasteiger partial charge is 0.132 e. The van der Waals surface area contributed by atoms with E-state index < -0.39 is 5.41 Å². The summed E-state index contributed by atoms with van der Waals surface area (Å²) in [4.78, 5) is 0.